The maximum absolute atomic E-state index is 13.9. The third-order valence-electron chi connectivity index (χ3n) is 3.40. The molecule has 1 aliphatic heterocycles. The van der Waals surface area contributed by atoms with Gasteiger partial charge in [-0.15, -0.1) is 11.6 Å². The molecule has 0 bridgehead atoms. The molecule has 1 fully saturated rings. The van der Waals surface area contributed by atoms with Crippen LogP contribution in [-0.4, -0.2) is 53.4 Å². The molecule has 134 valence electrons. The Morgan fingerprint density at radius 3 is 2.57 bits per heavy atom. The first-order chi connectivity index (χ1) is 10.4. The molecule has 0 spiro atoms. The van der Waals surface area contributed by atoms with Gasteiger partial charge in [-0.1, -0.05) is 6.92 Å². The van der Waals surface area contributed by atoms with Crippen molar-refractivity contribution >= 4 is 23.6 Å². The number of alkyl halides is 3. The highest BCUT2D eigenvalue weighted by molar-refractivity contribution is 6.18. The number of halogens is 3. The molecule has 0 saturated carbocycles. The van der Waals surface area contributed by atoms with Crippen molar-refractivity contribution in [2.75, 3.05) is 19.0 Å². The van der Waals surface area contributed by atoms with E-state index in [9.17, 15) is 18.4 Å². The van der Waals surface area contributed by atoms with Gasteiger partial charge >= 0.3 is 6.09 Å². The van der Waals surface area contributed by atoms with E-state index in [4.69, 9.17) is 16.3 Å². The Balaban J connectivity index is 2.71. The fourth-order valence-electron chi connectivity index (χ4n) is 2.30. The molecule has 0 aromatic heterocycles. The summed E-state index contributed by atoms with van der Waals surface area (Å²) in [5.74, 6) is -3.45. The Morgan fingerprint density at radius 2 is 2.04 bits per heavy atom. The number of carbonyl (C=O) groups is 2. The average molecular weight is 355 g/mol. The van der Waals surface area contributed by atoms with Gasteiger partial charge in [0.25, 0.3) is 5.92 Å². The van der Waals surface area contributed by atoms with Gasteiger partial charge in [-0.05, 0) is 27.2 Å². The van der Waals surface area contributed by atoms with Crippen molar-refractivity contribution in [3.8, 4) is 0 Å². The van der Waals surface area contributed by atoms with Crippen molar-refractivity contribution in [1.82, 2.24) is 10.2 Å². The summed E-state index contributed by atoms with van der Waals surface area (Å²) in [6.07, 6.45) is -0.831. The molecule has 5 nitrogen and oxygen atoms in total. The maximum Gasteiger partial charge on any atom is 0.410 e. The van der Waals surface area contributed by atoms with Crippen LogP contribution in [0, 0.1) is 5.92 Å². The highest BCUT2D eigenvalue weighted by atomic mass is 35.5. The van der Waals surface area contributed by atoms with E-state index in [-0.39, 0.29) is 18.4 Å². The van der Waals surface area contributed by atoms with Gasteiger partial charge in [-0.2, -0.15) is 0 Å². The second-order valence-corrected chi connectivity index (χ2v) is 7.38. The minimum absolute atomic E-state index is 0.00381. The first-order valence-corrected chi connectivity index (χ1v) is 8.19. The van der Waals surface area contributed by atoms with Crippen LogP contribution in [0.15, 0.2) is 0 Å². The van der Waals surface area contributed by atoms with Crippen LogP contribution >= 0.6 is 11.6 Å². The number of hydrogen-bond donors (Lipinski definition) is 1. The van der Waals surface area contributed by atoms with E-state index in [1.165, 1.54) is 0 Å². The minimum atomic E-state index is -3.07. The van der Waals surface area contributed by atoms with E-state index in [0.29, 0.717) is 12.3 Å². The summed E-state index contributed by atoms with van der Waals surface area (Å²) >= 11 is 5.59. The zero-order valence-corrected chi connectivity index (χ0v) is 14.8. The number of amides is 2. The van der Waals surface area contributed by atoms with Gasteiger partial charge in [0.2, 0.25) is 5.91 Å². The van der Waals surface area contributed by atoms with Gasteiger partial charge < -0.3 is 15.0 Å². The highest BCUT2D eigenvalue weighted by Crippen LogP contribution is 2.28. The molecule has 1 saturated heterocycles. The third kappa shape index (κ3) is 6.89. The molecular formula is C15H25ClF2N2O3. The molecule has 1 heterocycles. The normalized spacial score (nSPS) is 22.4. The van der Waals surface area contributed by atoms with Gasteiger partial charge in [0.15, 0.2) is 0 Å². The lowest BCUT2D eigenvalue weighted by Gasteiger charge is -2.38. The smallest absolute Gasteiger partial charge is 0.410 e. The molecule has 0 aromatic carbocycles. The van der Waals surface area contributed by atoms with Crippen LogP contribution in [0.25, 0.3) is 0 Å². The van der Waals surface area contributed by atoms with Crippen molar-refractivity contribution in [3.63, 3.8) is 0 Å². The monoisotopic (exact) mass is 354 g/mol. The van der Waals surface area contributed by atoms with Gasteiger partial charge in [-0.25, -0.2) is 13.6 Å². The van der Waals surface area contributed by atoms with Crippen molar-refractivity contribution in [2.45, 2.75) is 58.1 Å². The lowest BCUT2D eigenvalue weighted by Crippen LogP contribution is -2.57. The molecule has 0 radical (unpaired) electrons. The molecule has 2 amide bonds. The largest absolute Gasteiger partial charge is 0.444 e. The zero-order chi connectivity index (χ0) is 17.8. The van der Waals surface area contributed by atoms with Crippen LogP contribution in [0.1, 0.15) is 40.5 Å². The van der Waals surface area contributed by atoms with Crippen molar-refractivity contribution in [2.24, 2.45) is 5.92 Å². The number of piperidine rings is 1. The first kappa shape index (κ1) is 19.9. The third-order valence-corrected chi connectivity index (χ3v) is 3.61. The maximum atomic E-state index is 13.9. The Kier molecular flexibility index (Phi) is 6.62. The molecule has 1 rings (SSSR count). The molecule has 2 atom stereocenters. The summed E-state index contributed by atoms with van der Waals surface area (Å²) in [6, 6.07) is -0.809. The van der Waals surface area contributed by atoms with E-state index >= 15 is 0 Å². The fourth-order valence-corrected chi connectivity index (χ4v) is 2.63. The topological polar surface area (TPSA) is 58.6 Å². The summed E-state index contributed by atoms with van der Waals surface area (Å²) in [5, 5.41) is 2.58. The van der Waals surface area contributed by atoms with Crippen LogP contribution in [0.4, 0.5) is 13.6 Å². The Labute approximate surface area is 140 Å². The standard InChI is InChI=1S/C15H25ClF2N2O3/c1-10(5-6-16)12(21)19-11-7-15(17,18)9-20(8-11)13(22)23-14(2,3)4/h10-11H,5-9H2,1-4H3,(H,19,21)/t10?,11-/m1/s1. The SMILES string of the molecule is CC(CCCl)C(=O)N[C@H]1CN(C(=O)OC(C)(C)C)CC(F)(F)C1. The minimum Gasteiger partial charge on any atom is -0.444 e. The van der Waals surface area contributed by atoms with Crippen LogP contribution in [0.3, 0.4) is 0 Å². The molecule has 0 aliphatic carbocycles. The first-order valence-electron chi connectivity index (χ1n) is 7.65. The average Bonchev–Trinajstić information content (AvgIpc) is 2.34. The zero-order valence-electron chi connectivity index (χ0n) is 14.0. The fraction of sp³-hybridized carbons (Fsp3) is 0.867. The molecule has 0 aromatic rings. The van der Waals surface area contributed by atoms with Gasteiger partial charge in [-0.3, -0.25) is 4.79 Å². The quantitative estimate of drug-likeness (QED) is 0.789. The van der Waals surface area contributed by atoms with Gasteiger partial charge in [0.05, 0.1) is 12.6 Å². The van der Waals surface area contributed by atoms with E-state index < -0.39 is 36.6 Å². The van der Waals surface area contributed by atoms with E-state index in [2.05, 4.69) is 5.32 Å². The van der Waals surface area contributed by atoms with Crippen LogP contribution in [0.5, 0.6) is 0 Å². The molecule has 1 aliphatic rings. The number of nitrogens with one attached hydrogen (secondary N) is 1. The van der Waals surface area contributed by atoms with Crippen molar-refractivity contribution in [3.05, 3.63) is 0 Å². The molecular weight excluding hydrogens is 330 g/mol. The van der Waals surface area contributed by atoms with E-state index in [1.54, 1.807) is 27.7 Å². The van der Waals surface area contributed by atoms with Gasteiger partial charge in [0, 0.05) is 24.8 Å². The Morgan fingerprint density at radius 1 is 1.43 bits per heavy atom. The predicted octanol–water partition coefficient (Wildman–Crippen LogP) is 3.01. The Bertz CT molecular complexity index is 441. The van der Waals surface area contributed by atoms with Crippen LogP contribution < -0.4 is 5.32 Å². The molecule has 23 heavy (non-hydrogen) atoms. The summed E-state index contributed by atoms with van der Waals surface area (Å²) in [7, 11) is 0. The van der Waals surface area contributed by atoms with E-state index in [0.717, 1.165) is 4.90 Å². The highest BCUT2D eigenvalue weighted by Gasteiger charge is 2.43. The second-order valence-electron chi connectivity index (χ2n) is 7.01. The Hall–Kier alpha value is -1.11. The summed E-state index contributed by atoms with van der Waals surface area (Å²) < 4.78 is 32.9. The molecule has 1 unspecified atom stereocenters. The number of rotatable bonds is 4. The van der Waals surface area contributed by atoms with Crippen molar-refractivity contribution in [1.29, 1.82) is 0 Å². The van der Waals surface area contributed by atoms with E-state index in [1.807, 2.05) is 0 Å². The summed E-state index contributed by atoms with van der Waals surface area (Å²) in [5.41, 5.74) is -0.766. The van der Waals surface area contributed by atoms with Crippen LogP contribution in [0.2, 0.25) is 0 Å². The summed E-state index contributed by atoms with van der Waals surface area (Å²) in [4.78, 5) is 24.9. The summed E-state index contributed by atoms with van der Waals surface area (Å²) in [6.45, 7) is 5.99. The molecule has 1 N–H and O–H groups in total. The lowest BCUT2D eigenvalue weighted by molar-refractivity contribution is -0.128. The number of nitrogens with zero attached hydrogens (tertiary/aromatic N) is 1. The number of carbonyl (C=O) groups excluding carboxylic acids is 2. The second kappa shape index (κ2) is 7.64. The van der Waals surface area contributed by atoms with Gasteiger partial charge in [0.1, 0.15) is 5.60 Å². The van der Waals surface area contributed by atoms with Crippen molar-refractivity contribution < 1.29 is 23.1 Å². The number of likely N-dealkylation sites (tertiary alicyclic amines) is 1. The number of hydrogen-bond acceptors (Lipinski definition) is 3. The lowest BCUT2D eigenvalue weighted by atomic mass is 10.0. The molecule has 8 heteroatoms. The predicted molar refractivity (Wildman–Crippen MR) is 83.8 cm³/mol. The van der Waals surface area contributed by atoms with Crippen LogP contribution in [-0.2, 0) is 9.53 Å². The number of ether oxygens (including phenoxy) is 1.